The van der Waals surface area contributed by atoms with Crippen LogP contribution in [0.1, 0.15) is 13.3 Å². The van der Waals surface area contributed by atoms with E-state index in [1.54, 1.807) is 6.92 Å². The van der Waals surface area contributed by atoms with E-state index in [-0.39, 0.29) is 5.91 Å². The lowest BCUT2D eigenvalue weighted by atomic mass is 10.5. The van der Waals surface area contributed by atoms with Gasteiger partial charge < -0.3 is 15.9 Å². The van der Waals surface area contributed by atoms with Crippen LogP contribution in [-0.4, -0.2) is 40.4 Å². The summed E-state index contributed by atoms with van der Waals surface area (Å²) in [5.41, 5.74) is 4.65. The van der Waals surface area contributed by atoms with Crippen LogP contribution in [0.25, 0.3) is 0 Å². The zero-order valence-corrected chi connectivity index (χ0v) is 9.17. The lowest BCUT2D eigenvalue weighted by Gasteiger charge is -1.93. The molecule has 114 valence electrons. The molecule has 0 heterocycles. The number of rotatable bonds is 1. The molecule has 0 rings (SSSR count). The minimum absolute atomic E-state index is 0.245. The van der Waals surface area contributed by atoms with Gasteiger partial charge in [0, 0.05) is 6.42 Å². The number of aliphatic carboxylic acids is 2. The van der Waals surface area contributed by atoms with Crippen LogP contribution in [0.3, 0.4) is 0 Å². The summed E-state index contributed by atoms with van der Waals surface area (Å²) in [5.74, 6) is -5.76. The lowest BCUT2D eigenvalue weighted by Crippen LogP contribution is -2.21. The molecule has 0 aromatic rings. The molecule has 0 bridgehead atoms. The molecular weight excluding hydrogens is 292 g/mol. The molecule has 0 fully saturated rings. The summed E-state index contributed by atoms with van der Waals surface area (Å²) >= 11 is 0. The molecule has 6 nitrogen and oxygen atoms in total. The fraction of sp³-hybridized carbons (Fsp3) is 0.571. The van der Waals surface area contributed by atoms with Crippen LogP contribution in [0.5, 0.6) is 0 Å². The summed E-state index contributed by atoms with van der Waals surface area (Å²) in [6.07, 6.45) is -9.72. The van der Waals surface area contributed by atoms with Gasteiger partial charge >= 0.3 is 24.3 Å². The third-order valence-corrected chi connectivity index (χ3v) is 0.833. The molecule has 4 N–H and O–H groups in total. The molecule has 1 amide bonds. The van der Waals surface area contributed by atoms with Gasteiger partial charge in [0.15, 0.2) is 0 Å². The van der Waals surface area contributed by atoms with Gasteiger partial charge in [-0.15, -0.1) is 0 Å². The highest BCUT2D eigenvalue weighted by Crippen LogP contribution is 2.13. The van der Waals surface area contributed by atoms with Gasteiger partial charge in [0.2, 0.25) is 5.91 Å². The molecule has 0 aromatic carbocycles. The summed E-state index contributed by atoms with van der Waals surface area (Å²) < 4.78 is 63.5. The maximum absolute atomic E-state index is 10.6. The zero-order valence-electron chi connectivity index (χ0n) is 9.17. The zero-order chi connectivity index (χ0) is 16.4. The fourth-order valence-corrected chi connectivity index (χ4v) is 0. The molecule has 0 spiro atoms. The Morgan fingerprint density at radius 1 is 0.895 bits per heavy atom. The van der Waals surface area contributed by atoms with Gasteiger partial charge in [0.1, 0.15) is 0 Å². The summed E-state index contributed by atoms with van der Waals surface area (Å²) in [5, 5.41) is 14.2. The molecule has 0 aliphatic rings. The Labute approximate surface area is 101 Å². The SMILES string of the molecule is CCC(N)=O.O=C(O)C(F)(F)F.O=C(O)C(F)(F)F. The van der Waals surface area contributed by atoms with Crippen LogP contribution in [0, 0.1) is 0 Å². The highest BCUT2D eigenvalue weighted by molar-refractivity contribution is 5.73. The lowest BCUT2D eigenvalue weighted by molar-refractivity contribution is -0.193. The van der Waals surface area contributed by atoms with Crippen molar-refractivity contribution in [1.82, 2.24) is 0 Å². The molecule has 0 aliphatic carbocycles. The van der Waals surface area contributed by atoms with Crippen molar-refractivity contribution in [2.75, 3.05) is 0 Å². The first kappa shape index (κ1) is 22.2. The molecule has 0 saturated carbocycles. The Bertz CT molecular complexity index is 286. The van der Waals surface area contributed by atoms with E-state index in [2.05, 4.69) is 5.73 Å². The molecular formula is C7H9F6NO5. The molecule has 19 heavy (non-hydrogen) atoms. The van der Waals surface area contributed by atoms with Crippen molar-refractivity contribution in [2.45, 2.75) is 25.7 Å². The third kappa shape index (κ3) is 21.8. The second kappa shape index (κ2) is 8.99. The Kier molecular flexibility index (Phi) is 10.5. The van der Waals surface area contributed by atoms with Crippen LogP contribution in [-0.2, 0) is 14.4 Å². The van der Waals surface area contributed by atoms with E-state index in [1.165, 1.54) is 0 Å². The van der Waals surface area contributed by atoms with Gasteiger partial charge in [0.05, 0.1) is 0 Å². The first-order valence-corrected chi connectivity index (χ1v) is 4.04. The van der Waals surface area contributed by atoms with Crippen LogP contribution >= 0.6 is 0 Å². The van der Waals surface area contributed by atoms with Crippen molar-refractivity contribution in [2.24, 2.45) is 5.73 Å². The molecule has 0 atom stereocenters. The standard InChI is InChI=1S/C3H7NO.2C2HF3O2/c1-2-3(4)5;2*3-2(4,5)1(6)7/h2H2,1H3,(H2,4,5);2*(H,6,7). The highest BCUT2D eigenvalue weighted by Gasteiger charge is 2.38. The van der Waals surface area contributed by atoms with E-state index in [1.807, 2.05) is 0 Å². The number of amides is 1. The Hall–Kier alpha value is -2.01. The van der Waals surface area contributed by atoms with Crippen LogP contribution in [0.4, 0.5) is 26.3 Å². The van der Waals surface area contributed by atoms with E-state index >= 15 is 0 Å². The van der Waals surface area contributed by atoms with Crippen molar-refractivity contribution < 1.29 is 50.9 Å². The number of primary amides is 1. The number of hydrogen-bond donors (Lipinski definition) is 3. The highest BCUT2D eigenvalue weighted by atomic mass is 19.4. The average Bonchev–Trinajstić information content (AvgIpc) is 2.16. The summed E-state index contributed by atoms with van der Waals surface area (Å²) in [6, 6.07) is 0. The molecule has 0 saturated heterocycles. The quantitative estimate of drug-likeness (QED) is 0.628. The minimum atomic E-state index is -5.08. The second-order valence-corrected chi connectivity index (χ2v) is 2.43. The number of carboxylic acid groups (broad SMARTS) is 2. The van der Waals surface area contributed by atoms with Crippen LogP contribution in [0.2, 0.25) is 0 Å². The fourth-order valence-electron chi connectivity index (χ4n) is 0. The van der Waals surface area contributed by atoms with E-state index in [4.69, 9.17) is 19.8 Å². The molecule has 0 radical (unpaired) electrons. The number of carboxylic acids is 2. The van der Waals surface area contributed by atoms with Gasteiger partial charge in [-0.1, -0.05) is 6.92 Å². The number of alkyl halides is 6. The van der Waals surface area contributed by atoms with E-state index in [0.29, 0.717) is 6.42 Å². The predicted octanol–water partition coefficient (Wildman–Crippen LogP) is 1.15. The summed E-state index contributed by atoms with van der Waals surface area (Å²) in [4.78, 5) is 27.4. The number of nitrogens with two attached hydrogens (primary N) is 1. The monoisotopic (exact) mass is 301 g/mol. The van der Waals surface area contributed by atoms with Crippen LogP contribution < -0.4 is 5.73 Å². The van der Waals surface area contributed by atoms with Crippen molar-refractivity contribution in [3.05, 3.63) is 0 Å². The molecule has 12 heteroatoms. The minimum Gasteiger partial charge on any atom is -0.475 e. The van der Waals surface area contributed by atoms with Gasteiger partial charge in [0.25, 0.3) is 0 Å². The van der Waals surface area contributed by atoms with E-state index < -0.39 is 24.3 Å². The van der Waals surface area contributed by atoms with Gasteiger partial charge in [-0.25, -0.2) is 9.59 Å². The first-order chi connectivity index (χ1) is 8.16. The number of carbonyl (C=O) groups excluding carboxylic acids is 1. The van der Waals surface area contributed by atoms with Gasteiger partial charge in [-0.3, -0.25) is 4.79 Å². The molecule has 0 aliphatic heterocycles. The van der Waals surface area contributed by atoms with Crippen molar-refractivity contribution >= 4 is 17.8 Å². The van der Waals surface area contributed by atoms with Crippen molar-refractivity contribution in [3.63, 3.8) is 0 Å². The van der Waals surface area contributed by atoms with E-state index in [9.17, 15) is 31.1 Å². The maximum atomic E-state index is 10.6. The van der Waals surface area contributed by atoms with Gasteiger partial charge in [-0.2, -0.15) is 26.3 Å². The Morgan fingerprint density at radius 2 is 1.00 bits per heavy atom. The topological polar surface area (TPSA) is 118 Å². The van der Waals surface area contributed by atoms with E-state index in [0.717, 1.165) is 0 Å². The third-order valence-electron chi connectivity index (χ3n) is 0.833. The largest absolute Gasteiger partial charge is 0.490 e. The summed E-state index contributed by atoms with van der Waals surface area (Å²) in [7, 11) is 0. The Balaban J connectivity index is -0.000000206. The maximum Gasteiger partial charge on any atom is 0.490 e. The van der Waals surface area contributed by atoms with Gasteiger partial charge in [-0.05, 0) is 0 Å². The Morgan fingerprint density at radius 3 is 1.00 bits per heavy atom. The number of carbonyl (C=O) groups is 3. The number of halogens is 6. The first-order valence-electron chi connectivity index (χ1n) is 4.04. The predicted molar refractivity (Wildman–Crippen MR) is 46.9 cm³/mol. The molecule has 0 aromatic heterocycles. The normalized spacial score (nSPS) is 10.3. The average molecular weight is 301 g/mol. The van der Waals surface area contributed by atoms with Crippen molar-refractivity contribution in [1.29, 1.82) is 0 Å². The van der Waals surface area contributed by atoms with Crippen LogP contribution in [0.15, 0.2) is 0 Å². The summed E-state index contributed by atoms with van der Waals surface area (Å²) in [6.45, 7) is 1.72. The number of hydrogen-bond acceptors (Lipinski definition) is 3. The molecule has 0 unspecified atom stereocenters. The van der Waals surface area contributed by atoms with Crippen molar-refractivity contribution in [3.8, 4) is 0 Å². The second-order valence-electron chi connectivity index (χ2n) is 2.43. The smallest absolute Gasteiger partial charge is 0.475 e.